The van der Waals surface area contributed by atoms with Gasteiger partial charge in [-0.25, -0.2) is 0 Å². The molecule has 0 aliphatic carbocycles. The van der Waals surface area contributed by atoms with Gasteiger partial charge in [-0.15, -0.1) is 0 Å². The summed E-state index contributed by atoms with van der Waals surface area (Å²) < 4.78 is 5.73. The standard InChI is InChI=1S/C15H20N2O2/c1-9-5-7-19-14(9)13(16)11-3-2-10-4-6-17-15(18)12(10)8-11/h2-3,8-9,13-14H,4-7,16H2,1H3,(H,17,18). The summed E-state index contributed by atoms with van der Waals surface area (Å²) in [6, 6.07) is 5.85. The maximum atomic E-state index is 11.9. The van der Waals surface area contributed by atoms with Crippen molar-refractivity contribution in [3.8, 4) is 0 Å². The van der Waals surface area contributed by atoms with Crippen molar-refractivity contribution in [1.29, 1.82) is 0 Å². The van der Waals surface area contributed by atoms with Crippen LogP contribution in [0.15, 0.2) is 18.2 Å². The summed E-state index contributed by atoms with van der Waals surface area (Å²) in [6.07, 6.45) is 2.01. The average Bonchev–Trinajstić information content (AvgIpc) is 2.84. The quantitative estimate of drug-likeness (QED) is 0.844. The van der Waals surface area contributed by atoms with Gasteiger partial charge in [0.25, 0.3) is 5.91 Å². The van der Waals surface area contributed by atoms with Crippen molar-refractivity contribution in [1.82, 2.24) is 5.32 Å². The zero-order chi connectivity index (χ0) is 13.4. The highest BCUT2D eigenvalue weighted by Gasteiger charge is 2.31. The van der Waals surface area contributed by atoms with E-state index in [1.165, 1.54) is 0 Å². The fourth-order valence-corrected chi connectivity index (χ4v) is 3.00. The third-order valence-corrected chi connectivity index (χ3v) is 4.24. The van der Waals surface area contributed by atoms with Gasteiger partial charge in [0.1, 0.15) is 0 Å². The summed E-state index contributed by atoms with van der Waals surface area (Å²) in [6.45, 7) is 3.67. The van der Waals surface area contributed by atoms with E-state index in [0.717, 1.165) is 42.7 Å². The molecule has 0 spiro atoms. The number of hydrogen-bond acceptors (Lipinski definition) is 3. The normalized spacial score (nSPS) is 27.8. The van der Waals surface area contributed by atoms with Crippen LogP contribution in [0.5, 0.6) is 0 Å². The van der Waals surface area contributed by atoms with Gasteiger partial charge in [0.05, 0.1) is 12.1 Å². The summed E-state index contributed by atoms with van der Waals surface area (Å²) in [4.78, 5) is 11.9. The zero-order valence-corrected chi connectivity index (χ0v) is 11.2. The average molecular weight is 260 g/mol. The highest BCUT2D eigenvalue weighted by atomic mass is 16.5. The van der Waals surface area contributed by atoms with E-state index in [0.29, 0.717) is 5.92 Å². The third-order valence-electron chi connectivity index (χ3n) is 4.24. The largest absolute Gasteiger partial charge is 0.376 e. The molecule has 2 heterocycles. The molecule has 3 N–H and O–H groups in total. The first-order valence-corrected chi connectivity index (χ1v) is 6.95. The molecule has 19 heavy (non-hydrogen) atoms. The molecule has 0 aromatic heterocycles. The molecular formula is C15H20N2O2. The third kappa shape index (κ3) is 2.26. The van der Waals surface area contributed by atoms with Gasteiger partial charge in [0.2, 0.25) is 0 Å². The number of fused-ring (bicyclic) bond motifs is 1. The minimum Gasteiger partial charge on any atom is -0.376 e. The van der Waals surface area contributed by atoms with Crippen LogP contribution in [0, 0.1) is 5.92 Å². The van der Waals surface area contributed by atoms with Gasteiger partial charge in [0, 0.05) is 18.7 Å². The number of nitrogens with one attached hydrogen (secondary N) is 1. The topological polar surface area (TPSA) is 64.3 Å². The molecule has 0 radical (unpaired) electrons. The SMILES string of the molecule is CC1CCOC1C(N)c1ccc2c(c1)C(=O)NCC2. The van der Waals surface area contributed by atoms with E-state index >= 15 is 0 Å². The summed E-state index contributed by atoms with van der Waals surface area (Å²) in [5.41, 5.74) is 9.19. The number of carbonyl (C=O) groups excluding carboxylic acids is 1. The molecule has 3 unspecified atom stereocenters. The Kier molecular flexibility index (Phi) is 3.29. The molecule has 1 amide bonds. The fraction of sp³-hybridized carbons (Fsp3) is 0.533. The van der Waals surface area contributed by atoms with Gasteiger partial charge in [-0.1, -0.05) is 19.1 Å². The van der Waals surface area contributed by atoms with Crippen LogP contribution in [-0.2, 0) is 11.2 Å². The predicted molar refractivity (Wildman–Crippen MR) is 72.9 cm³/mol. The van der Waals surface area contributed by atoms with E-state index in [1.807, 2.05) is 18.2 Å². The summed E-state index contributed by atoms with van der Waals surface area (Å²) in [7, 11) is 0. The number of ether oxygens (including phenoxy) is 1. The molecule has 102 valence electrons. The van der Waals surface area contributed by atoms with E-state index in [-0.39, 0.29) is 18.1 Å². The van der Waals surface area contributed by atoms with Crippen molar-refractivity contribution < 1.29 is 9.53 Å². The van der Waals surface area contributed by atoms with Crippen LogP contribution in [-0.4, -0.2) is 25.2 Å². The Bertz CT molecular complexity index is 501. The maximum absolute atomic E-state index is 11.9. The first-order chi connectivity index (χ1) is 9.16. The molecule has 0 bridgehead atoms. The lowest BCUT2D eigenvalue weighted by Crippen LogP contribution is -2.33. The van der Waals surface area contributed by atoms with Crippen LogP contribution in [0.2, 0.25) is 0 Å². The number of benzene rings is 1. The second-order valence-corrected chi connectivity index (χ2v) is 5.55. The van der Waals surface area contributed by atoms with E-state index in [1.54, 1.807) is 0 Å². The van der Waals surface area contributed by atoms with E-state index < -0.39 is 0 Å². The summed E-state index contributed by atoms with van der Waals surface area (Å²) in [5.74, 6) is 0.482. The van der Waals surface area contributed by atoms with Crippen LogP contribution >= 0.6 is 0 Å². The number of nitrogens with two attached hydrogens (primary N) is 1. The van der Waals surface area contributed by atoms with Crippen molar-refractivity contribution in [2.24, 2.45) is 11.7 Å². The molecule has 3 rings (SSSR count). The monoisotopic (exact) mass is 260 g/mol. The lowest BCUT2D eigenvalue weighted by atomic mass is 9.90. The number of carbonyl (C=O) groups is 1. The molecule has 2 aliphatic rings. The molecule has 4 nitrogen and oxygen atoms in total. The molecule has 2 aliphatic heterocycles. The second kappa shape index (κ2) is 4.94. The van der Waals surface area contributed by atoms with Crippen LogP contribution in [0.3, 0.4) is 0 Å². The van der Waals surface area contributed by atoms with Crippen LogP contribution in [0.25, 0.3) is 0 Å². The maximum Gasteiger partial charge on any atom is 0.251 e. The molecule has 4 heteroatoms. The Labute approximate surface area is 113 Å². The molecule has 1 saturated heterocycles. The summed E-state index contributed by atoms with van der Waals surface area (Å²) >= 11 is 0. The Morgan fingerprint density at radius 2 is 2.32 bits per heavy atom. The van der Waals surface area contributed by atoms with Crippen molar-refractivity contribution in [2.75, 3.05) is 13.2 Å². The highest BCUT2D eigenvalue weighted by Crippen LogP contribution is 2.30. The Morgan fingerprint density at radius 3 is 3.05 bits per heavy atom. The highest BCUT2D eigenvalue weighted by molar-refractivity contribution is 5.96. The van der Waals surface area contributed by atoms with Crippen molar-refractivity contribution >= 4 is 5.91 Å². The van der Waals surface area contributed by atoms with Crippen LogP contribution in [0.1, 0.15) is 40.9 Å². The van der Waals surface area contributed by atoms with Gasteiger partial charge < -0.3 is 15.8 Å². The summed E-state index contributed by atoms with van der Waals surface area (Å²) in [5, 5.41) is 2.87. The first kappa shape index (κ1) is 12.6. The fourth-order valence-electron chi connectivity index (χ4n) is 3.00. The van der Waals surface area contributed by atoms with E-state index in [4.69, 9.17) is 10.5 Å². The van der Waals surface area contributed by atoms with Gasteiger partial charge >= 0.3 is 0 Å². The minimum absolute atomic E-state index is 0.00990. The first-order valence-electron chi connectivity index (χ1n) is 6.95. The van der Waals surface area contributed by atoms with E-state index in [9.17, 15) is 4.79 Å². The van der Waals surface area contributed by atoms with Crippen LogP contribution in [0.4, 0.5) is 0 Å². The predicted octanol–water partition coefficient (Wildman–Crippen LogP) is 1.40. The van der Waals surface area contributed by atoms with Crippen LogP contribution < -0.4 is 11.1 Å². The molecular weight excluding hydrogens is 240 g/mol. The van der Waals surface area contributed by atoms with Crippen molar-refractivity contribution in [3.05, 3.63) is 34.9 Å². The Hall–Kier alpha value is -1.39. The van der Waals surface area contributed by atoms with Crippen molar-refractivity contribution in [3.63, 3.8) is 0 Å². The number of amides is 1. The van der Waals surface area contributed by atoms with Gasteiger partial charge in [-0.3, -0.25) is 4.79 Å². The Morgan fingerprint density at radius 1 is 1.47 bits per heavy atom. The molecule has 3 atom stereocenters. The molecule has 0 saturated carbocycles. The second-order valence-electron chi connectivity index (χ2n) is 5.55. The van der Waals surface area contributed by atoms with Crippen molar-refractivity contribution in [2.45, 2.75) is 31.9 Å². The van der Waals surface area contributed by atoms with E-state index in [2.05, 4.69) is 12.2 Å². The Balaban J connectivity index is 1.89. The van der Waals surface area contributed by atoms with Gasteiger partial charge in [-0.05, 0) is 36.0 Å². The smallest absolute Gasteiger partial charge is 0.251 e. The van der Waals surface area contributed by atoms with Gasteiger partial charge in [0.15, 0.2) is 0 Å². The molecule has 1 aromatic carbocycles. The number of hydrogen-bond donors (Lipinski definition) is 2. The minimum atomic E-state index is -0.155. The van der Waals surface area contributed by atoms with Gasteiger partial charge in [-0.2, -0.15) is 0 Å². The lowest BCUT2D eigenvalue weighted by Gasteiger charge is -2.24. The zero-order valence-electron chi connectivity index (χ0n) is 11.2. The molecule has 1 fully saturated rings. The molecule has 1 aromatic rings. The lowest BCUT2D eigenvalue weighted by molar-refractivity contribution is 0.0724. The number of rotatable bonds is 2.